The van der Waals surface area contributed by atoms with Gasteiger partial charge >= 0.3 is 0 Å². The Kier molecular flexibility index (Phi) is 4.81. The molecule has 5 nitrogen and oxygen atoms in total. The number of aromatic amines is 1. The average molecular weight is 370 g/mol. The zero-order valence-corrected chi connectivity index (χ0v) is 15.9. The molecule has 2 N–H and O–H groups in total. The van der Waals surface area contributed by atoms with Crippen LogP contribution in [0.25, 0.3) is 22.3 Å². The van der Waals surface area contributed by atoms with Crippen molar-refractivity contribution in [1.29, 1.82) is 0 Å². The van der Waals surface area contributed by atoms with Crippen molar-refractivity contribution < 1.29 is 4.79 Å². The SMILES string of the molecule is Cc1[nH]c(C(=O)NCc2cn(C)cn2)c(-c2ccccc2)c1-c1ccccc1. The van der Waals surface area contributed by atoms with Gasteiger partial charge in [0, 0.05) is 30.1 Å². The van der Waals surface area contributed by atoms with Gasteiger partial charge in [-0.25, -0.2) is 4.98 Å². The largest absolute Gasteiger partial charge is 0.354 e. The molecule has 0 aliphatic carbocycles. The van der Waals surface area contributed by atoms with Gasteiger partial charge in [-0.15, -0.1) is 0 Å². The van der Waals surface area contributed by atoms with Gasteiger partial charge in [-0.2, -0.15) is 0 Å². The van der Waals surface area contributed by atoms with Crippen LogP contribution in [0.15, 0.2) is 73.2 Å². The van der Waals surface area contributed by atoms with E-state index in [4.69, 9.17) is 0 Å². The fourth-order valence-electron chi connectivity index (χ4n) is 3.47. The molecule has 0 atom stereocenters. The van der Waals surface area contributed by atoms with E-state index in [1.807, 2.05) is 73.3 Å². The lowest BCUT2D eigenvalue weighted by Crippen LogP contribution is -2.24. The number of imidazole rings is 1. The highest BCUT2D eigenvalue weighted by molar-refractivity contribution is 6.04. The van der Waals surface area contributed by atoms with E-state index in [-0.39, 0.29) is 5.91 Å². The zero-order valence-electron chi connectivity index (χ0n) is 15.9. The van der Waals surface area contributed by atoms with Gasteiger partial charge in [-0.3, -0.25) is 4.79 Å². The van der Waals surface area contributed by atoms with Crippen LogP contribution in [-0.2, 0) is 13.6 Å². The maximum atomic E-state index is 13.0. The molecule has 0 aliphatic rings. The molecule has 0 bridgehead atoms. The first-order chi connectivity index (χ1) is 13.6. The molecule has 2 aromatic heterocycles. The molecule has 1 amide bonds. The predicted octanol–water partition coefficient (Wildman–Crippen LogP) is 4.32. The van der Waals surface area contributed by atoms with E-state index in [0.717, 1.165) is 33.6 Å². The van der Waals surface area contributed by atoms with E-state index >= 15 is 0 Å². The van der Waals surface area contributed by atoms with Gasteiger partial charge in [0.1, 0.15) is 5.69 Å². The summed E-state index contributed by atoms with van der Waals surface area (Å²) in [6.07, 6.45) is 3.62. The third-order valence-corrected chi connectivity index (χ3v) is 4.73. The predicted molar refractivity (Wildman–Crippen MR) is 111 cm³/mol. The van der Waals surface area contributed by atoms with E-state index in [1.54, 1.807) is 6.33 Å². The summed E-state index contributed by atoms with van der Waals surface area (Å²) in [6.45, 7) is 2.39. The molecule has 28 heavy (non-hydrogen) atoms. The molecule has 0 fully saturated rings. The van der Waals surface area contributed by atoms with Crippen LogP contribution in [0.1, 0.15) is 21.9 Å². The maximum Gasteiger partial charge on any atom is 0.268 e. The van der Waals surface area contributed by atoms with Crippen molar-refractivity contribution in [2.24, 2.45) is 7.05 Å². The molecule has 2 heterocycles. The lowest BCUT2D eigenvalue weighted by atomic mass is 9.95. The van der Waals surface area contributed by atoms with E-state index < -0.39 is 0 Å². The Bertz CT molecular complexity index is 1090. The number of aryl methyl sites for hydroxylation is 2. The smallest absolute Gasteiger partial charge is 0.268 e. The van der Waals surface area contributed by atoms with Crippen LogP contribution in [-0.4, -0.2) is 20.4 Å². The Morgan fingerprint density at radius 3 is 2.18 bits per heavy atom. The average Bonchev–Trinajstić information content (AvgIpc) is 3.30. The topological polar surface area (TPSA) is 62.7 Å². The Balaban J connectivity index is 1.75. The highest BCUT2D eigenvalue weighted by atomic mass is 16.1. The Labute approximate surface area is 164 Å². The number of H-pyrrole nitrogens is 1. The zero-order chi connectivity index (χ0) is 19.5. The number of nitrogens with one attached hydrogen (secondary N) is 2. The minimum absolute atomic E-state index is 0.144. The van der Waals surface area contributed by atoms with Crippen molar-refractivity contribution in [1.82, 2.24) is 19.9 Å². The summed E-state index contributed by atoms with van der Waals surface area (Å²) in [5.41, 5.74) is 6.42. The van der Waals surface area contributed by atoms with Crippen molar-refractivity contribution in [3.05, 3.63) is 90.3 Å². The summed E-state index contributed by atoms with van der Waals surface area (Å²) in [4.78, 5) is 20.6. The summed E-state index contributed by atoms with van der Waals surface area (Å²) in [5, 5.41) is 2.98. The van der Waals surface area contributed by atoms with Crippen molar-refractivity contribution in [3.8, 4) is 22.3 Å². The molecule has 0 radical (unpaired) electrons. The fourth-order valence-corrected chi connectivity index (χ4v) is 3.47. The molecule has 0 aliphatic heterocycles. The van der Waals surface area contributed by atoms with Crippen LogP contribution in [0.5, 0.6) is 0 Å². The summed E-state index contributed by atoms with van der Waals surface area (Å²) in [6, 6.07) is 20.2. The van der Waals surface area contributed by atoms with Crippen LogP contribution in [0.2, 0.25) is 0 Å². The fraction of sp³-hybridized carbons (Fsp3) is 0.130. The van der Waals surface area contributed by atoms with Crippen LogP contribution in [0.4, 0.5) is 0 Å². The maximum absolute atomic E-state index is 13.0. The number of carbonyl (C=O) groups is 1. The number of hydrogen-bond acceptors (Lipinski definition) is 2. The van der Waals surface area contributed by atoms with Crippen LogP contribution in [0.3, 0.4) is 0 Å². The molecular weight excluding hydrogens is 348 g/mol. The van der Waals surface area contributed by atoms with Gasteiger partial charge in [0.25, 0.3) is 5.91 Å². The van der Waals surface area contributed by atoms with Crippen molar-refractivity contribution in [3.63, 3.8) is 0 Å². The van der Waals surface area contributed by atoms with Gasteiger partial charge in [0.2, 0.25) is 0 Å². The summed E-state index contributed by atoms with van der Waals surface area (Å²) in [5.74, 6) is -0.144. The van der Waals surface area contributed by atoms with E-state index in [0.29, 0.717) is 12.2 Å². The third-order valence-electron chi connectivity index (χ3n) is 4.73. The second-order valence-corrected chi connectivity index (χ2v) is 6.82. The normalized spacial score (nSPS) is 10.8. The minimum Gasteiger partial charge on any atom is -0.354 e. The van der Waals surface area contributed by atoms with Crippen LogP contribution < -0.4 is 5.32 Å². The Morgan fingerprint density at radius 2 is 1.61 bits per heavy atom. The molecule has 0 saturated heterocycles. The van der Waals surface area contributed by atoms with Gasteiger partial charge in [0.15, 0.2) is 0 Å². The monoisotopic (exact) mass is 370 g/mol. The molecular formula is C23H22N4O. The molecule has 140 valence electrons. The minimum atomic E-state index is -0.144. The summed E-state index contributed by atoms with van der Waals surface area (Å²) < 4.78 is 1.86. The number of benzene rings is 2. The molecule has 5 heteroatoms. The number of rotatable bonds is 5. The molecule has 4 aromatic rings. The second kappa shape index (κ2) is 7.56. The van der Waals surface area contributed by atoms with E-state index in [1.165, 1.54) is 0 Å². The Hall–Kier alpha value is -3.60. The Morgan fingerprint density at radius 1 is 1.00 bits per heavy atom. The molecule has 0 unspecified atom stereocenters. The molecule has 2 aromatic carbocycles. The third kappa shape index (κ3) is 3.47. The number of hydrogen-bond donors (Lipinski definition) is 2. The van der Waals surface area contributed by atoms with Gasteiger partial charge in [0.05, 0.1) is 18.6 Å². The standard InChI is InChI=1S/C23H22N4O/c1-16-20(17-9-5-3-6-10-17)21(18-11-7-4-8-12-18)22(26-16)23(28)24-13-19-14-27(2)15-25-19/h3-12,14-15,26H,13H2,1-2H3,(H,24,28). The lowest BCUT2D eigenvalue weighted by molar-refractivity contribution is 0.0946. The lowest BCUT2D eigenvalue weighted by Gasteiger charge is -2.09. The van der Waals surface area contributed by atoms with E-state index in [9.17, 15) is 4.79 Å². The molecule has 0 spiro atoms. The van der Waals surface area contributed by atoms with Gasteiger partial charge in [-0.05, 0) is 18.1 Å². The number of nitrogens with zero attached hydrogens (tertiary/aromatic N) is 2. The first-order valence-electron chi connectivity index (χ1n) is 9.22. The van der Waals surface area contributed by atoms with Crippen LogP contribution in [0, 0.1) is 6.92 Å². The van der Waals surface area contributed by atoms with Crippen molar-refractivity contribution in [2.75, 3.05) is 0 Å². The van der Waals surface area contributed by atoms with Gasteiger partial charge in [-0.1, -0.05) is 60.7 Å². The highest BCUT2D eigenvalue weighted by Crippen LogP contribution is 2.37. The first kappa shape index (κ1) is 17.8. The first-order valence-corrected chi connectivity index (χ1v) is 9.22. The number of aromatic nitrogens is 3. The quantitative estimate of drug-likeness (QED) is 0.549. The number of amides is 1. The molecule has 4 rings (SSSR count). The second-order valence-electron chi connectivity index (χ2n) is 6.82. The number of carbonyl (C=O) groups excluding carboxylic acids is 1. The highest BCUT2D eigenvalue weighted by Gasteiger charge is 2.22. The summed E-state index contributed by atoms with van der Waals surface area (Å²) in [7, 11) is 1.91. The van der Waals surface area contributed by atoms with E-state index in [2.05, 4.69) is 27.4 Å². The van der Waals surface area contributed by atoms with Crippen molar-refractivity contribution in [2.45, 2.75) is 13.5 Å². The molecule has 0 saturated carbocycles. The van der Waals surface area contributed by atoms with Crippen LogP contribution >= 0.6 is 0 Å². The summed E-state index contributed by atoms with van der Waals surface area (Å²) >= 11 is 0. The van der Waals surface area contributed by atoms with Gasteiger partial charge < -0.3 is 14.9 Å². The van der Waals surface area contributed by atoms with Crippen molar-refractivity contribution >= 4 is 5.91 Å².